The van der Waals surface area contributed by atoms with Crippen LogP contribution in [-0.2, 0) is 21.4 Å². The van der Waals surface area contributed by atoms with Gasteiger partial charge in [-0.1, -0.05) is 6.07 Å². The summed E-state index contributed by atoms with van der Waals surface area (Å²) < 4.78 is 42.3. The molecule has 1 fully saturated rings. The van der Waals surface area contributed by atoms with E-state index in [1.165, 1.54) is 24.5 Å². The van der Waals surface area contributed by atoms with Crippen LogP contribution in [0.5, 0.6) is 0 Å². The van der Waals surface area contributed by atoms with Gasteiger partial charge in [0.15, 0.2) is 0 Å². The lowest BCUT2D eigenvalue weighted by atomic mass is 10.1. The predicted molar refractivity (Wildman–Crippen MR) is 91.0 cm³/mol. The van der Waals surface area contributed by atoms with E-state index in [0.717, 1.165) is 6.07 Å². The molecule has 0 aliphatic carbocycles. The Morgan fingerprint density at radius 3 is 2.96 bits per heavy atom. The van der Waals surface area contributed by atoms with Gasteiger partial charge in [0.05, 0.1) is 11.4 Å². The number of carbonyl (C=O) groups excluding carboxylic acids is 1. The molecular weight excluding hydrogens is 361 g/mol. The number of likely N-dealkylation sites (tertiary alicyclic amines) is 1. The quantitative estimate of drug-likeness (QED) is 0.797. The molecule has 10 heteroatoms. The Morgan fingerprint density at radius 1 is 1.38 bits per heavy atom. The monoisotopic (exact) mass is 381 g/mol. The highest BCUT2D eigenvalue weighted by Gasteiger charge is 2.27. The van der Waals surface area contributed by atoms with Crippen molar-refractivity contribution in [3.05, 3.63) is 42.7 Å². The maximum Gasteiger partial charge on any atom is 0.240 e. The molecule has 0 spiro atoms. The fraction of sp³-hybridized carbons (Fsp3) is 0.438. The highest BCUT2D eigenvalue weighted by atomic mass is 32.2. The van der Waals surface area contributed by atoms with Crippen LogP contribution in [0.25, 0.3) is 0 Å². The van der Waals surface area contributed by atoms with Crippen LogP contribution < -0.4 is 4.72 Å². The van der Waals surface area contributed by atoms with Crippen molar-refractivity contribution >= 4 is 15.9 Å². The normalized spacial score (nSPS) is 18.0. The van der Waals surface area contributed by atoms with Gasteiger partial charge in [0.25, 0.3) is 0 Å². The number of hydrogen-bond acceptors (Lipinski definition) is 5. The lowest BCUT2D eigenvalue weighted by molar-refractivity contribution is -0.132. The number of sulfonamides is 1. The largest absolute Gasteiger partial charge is 0.341 e. The van der Waals surface area contributed by atoms with E-state index in [1.54, 1.807) is 15.9 Å². The molecule has 1 amide bonds. The molecule has 1 unspecified atom stereocenters. The summed E-state index contributed by atoms with van der Waals surface area (Å²) >= 11 is 0. The number of aromatic nitrogens is 3. The molecule has 2 aromatic rings. The number of benzene rings is 1. The fourth-order valence-electron chi connectivity index (χ4n) is 2.94. The van der Waals surface area contributed by atoms with Crippen molar-refractivity contribution in [2.24, 2.45) is 0 Å². The van der Waals surface area contributed by atoms with E-state index in [2.05, 4.69) is 14.8 Å². The number of rotatable bonds is 6. The smallest absolute Gasteiger partial charge is 0.240 e. The van der Waals surface area contributed by atoms with Crippen molar-refractivity contribution in [3.63, 3.8) is 0 Å². The summed E-state index contributed by atoms with van der Waals surface area (Å²) in [5.74, 6) is -0.670. The molecule has 2 heterocycles. The molecule has 1 N–H and O–H groups in total. The molecule has 3 rings (SSSR count). The Morgan fingerprint density at radius 2 is 2.23 bits per heavy atom. The van der Waals surface area contributed by atoms with Crippen LogP contribution in [0, 0.1) is 5.82 Å². The Bertz CT molecular complexity index is 857. The highest BCUT2D eigenvalue weighted by molar-refractivity contribution is 7.89. The molecule has 140 valence electrons. The Hall–Kier alpha value is -2.33. The Kier molecular flexibility index (Phi) is 5.62. The Balaban J connectivity index is 1.58. The maximum atomic E-state index is 13.3. The third-order valence-corrected chi connectivity index (χ3v) is 5.74. The minimum Gasteiger partial charge on any atom is -0.341 e. The van der Waals surface area contributed by atoms with E-state index in [4.69, 9.17) is 0 Å². The molecule has 1 aliphatic heterocycles. The van der Waals surface area contributed by atoms with Crippen molar-refractivity contribution < 1.29 is 17.6 Å². The second-order valence-corrected chi connectivity index (χ2v) is 7.88. The first kappa shape index (κ1) is 18.5. The van der Waals surface area contributed by atoms with Gasteiger partial charge < -0.3 is 4.90 Å². The second-order valence-electron chi connectivity index (χ2n) is 6.17. The van der Waals surface area contributed by atoms with Crippen LogP contribution in [0.4, 0.5) is 4.39 Å². The first-order chi connectivity index (χ1) is 12.4. The van der Waals surface area contributed by atoms with E-state index in [1.807, 2.05) is 0 Å². The molecule has 0 bridgehead atoms. The van der Waals surface area contributed by atoms with Crippen molar-refractivity contribution in [1.82, 2.24) is 24.4 Å². The molecule has 0 saturated carbocycles. The molecule has 1 saturated heterocycles. The number of halogens is 1. The van der Waals surface area contributed by atoms with Gasteiger partial charge in [-0.25, -0.2) is 22.5 Å². The Labute approximate surface area is 151 Å². The van der Waals surface area contributed by atoms with Crippen LogP contribution in [0.3, 0.4) is 0 Å². The molecule has 1 atom stereocenters. The number of aryl methyl sites for hydroxylation is 1. The minimum absolute atomic E-state index is 0.0600. The number of amides is 1. The number of nitrogens with one attached hydrogen (secondary N) is 1. The van der Waals surface area contributed by atoms with Gasteiger partial charge in [-0.05, 0) is 31.0 Å². The molecule has 1 aromatic heterocycles. The van der Waals surface area contributed by atoms with E-state index in [9.17, 15) is 17.6 Å². The zero-order valence-electron chi connectivity index (χ0n) is 14.1. The summed E-state index contributed by atoms with van der Waals surface area (Å²) in [6.45, 7) is 1.31. The zero-order chi connectivity index (χ0) is 18.6. The third-order valence-electron chi connectivity index (χ3n) is 4.22. The van der Waals surface area contributed by atoms with E-state index >= 15 is 0 Å². The number of carbonyl (C=O) groups is 1. The lowest BCUT2D eigenvalue weighted by Gasteiger charge is -2.33. The van der Waals surface area contributed by atoms with Gasteiger partial charge in [0, 0.05) is 25.6 Å². The number of nitrogens with zero attached hydrogens (tertiary/aromatic N) is 4. The first-order valence-electron chi connectivity index (χ1n) is 8.32. The second kappa shape index (κ2) is 7.92. The molecule has 8 nitrogen and oxygen atoms in total. The summed E-state index contributed by atoms with van der Waals surface area (Å²) in [7, 11) is -3.83. The van der Waals surface area contributed by atoms with Crippen LogP contribution in [0.2, 0.25) is 0 Å². The third kappa shape index (κ3) is 4.64. The van der Waals surface area contributed by atoms with E-state index in [0.29, 0.717) is 32.5 Å². The first-order valence-corrected chi connectivity index (χ1v) is 9.80. The maximum absolute atomic E-state index is 13.3. The van der Waals surface area contributed by atoms with E-state index in [-0.39, 0.29) is 17.2 Å². The summed E-state index contributed by atoms with van der Waals surface area (Å²) in [4.78, 5) is 17.7. The SMILES string of the molecule is O=C(CCn1cncn1)N1CCCC(NS(=O)(=O)c2cccc(F)c2)C1. The molecule has 1 aromatic carbocycles. The summed E-state index contributed by atoms with van der Waals surface area (Å²) in [5.41, 5.74) is 0. The van der Waals surface area contributed by atoms with Gasteiger partial charge in [-0.3, -0.25) is 9.48 Å². The molecule has 1 aliphatic rings. The molecule has 26 heavy (non-hydrogen) atoms. The number of hydrogen-bond donors (Lipinski definition) is 1. The number of piperidine rings is 1. The van der Waals surface area contributed by atoms with Crippen LogP contribution >= 0.6 is 0 Å². The van der Waals surface area contributed by atoms with Gasteiger partial charge in [-0.2, -0.15) is 5.10 Å². The van der Waals surface area contributed by atoms with Crippen molar-refractivity contribution in [1.29, 1.82) is 0 Å². The van der Waals surface area contributed by atoms with Crippen molar-refractivity contribution in [2.75, 3.05) is 13.1 Å². The summed E-state index contributed by atoms with van der Waals surface area (Å²) in [6, 6.07) is 4.47. The van der Waals surface area contributed by atoms with Gasteiger partial charge in [0.2, 0.25) is 15.9 Å². The highest BCUT2D eigenvalue weighted by Crippen LogP contribution is 2.16. The topological polar surface area (TPSA) is 97.2 Å². The summed E-state index contributed by atoms with van der Waals surface area (Å²) in [5, 5.41) is 3.95. The average molecular weight is 381 g/mol. The average Bonchev–Trinajstić information content (AvgIpc) is 3.13. The predicted octanol–water partition coefficient (Wildman–Crippen LogP) is 0.777. The lowest BCUT2D eigenvalue weighted by Crippen LogP contribution is -2.49. The van der Waals surface area contributed by atoms with Crippen LogP contribution in [0.1, 0.15) is 19.3 Å². The van der Waals surface area contributed by atoms with Gasteiger partial charge in [0.1, 0.15) is 18.5 Å². The van der Waals surface area contributed by atoms with Crippen LogP contribution in [-0.4, -0.2) is 53.1 Å². The molecule has 0 radical (unpaired) electrons. The fourth-order valence-corrected chi connectivity index (χ4v) is 4.23. The molecular formula is C16H20FN5O3S. The van der Waals surface area contributed by atoms with Crippen molar-refractivity contribution in [2.45, 2.75) is 36.7 Å². The summed E-state index contributed by atoms with van der Waals surface area (Å²) in [6.07, 6.45) is 4.54. The van der Waals surface area contributed by atoms with Crippen molar-refractivity contribution in [3.8, 4) is 0 Å². The van der Waals surface area contributed by atoms with Gasteiger partial charge >= 0.3 is 0 Å². The van der Waals surface area contributed by atoms with E-state index < -0.39 is 21.9 Å². The minimum atomic E-state index is -3.83. The standard InChI is InChI=1S/C16H20FN5O3S/c17-13-3-1-5-15(9-13)26(24,25)20-14-4-2-7-21(10-14)16(23)6-8-22-12-18-11-19-22/h1,3,5,9,11-12,14,20H,2,4,6-8,10H2. The zero-order valence-corrected chi connectivity index (χ0v) is 14.9. The van der Waals surface area contributed by atoms with Gasteiger partial charge in [-0.15, -0.1) is 0 Å². The van der Waals surface area contributed by atoms with Crippen LogP contribution in [0.15, 0.2) is 41.8 Å².